The summed E-state index contributed by atoms with van der Waals surface area (Å²) in [6.07, 6.45) is 7.76. The summed E-state index contributed by atoms with van der Waals surface area (Å²) in [6.45, 7) is 4.69. The molecule has 3 nitrogen and oxygen atoms in total. The molecule has 3 rings (SSSR count). The topological polar surface area (TPSA) is 50.4 Å². The number of nitrogens with zero attached hydrogens (tertiary/aromatic N) is 1. The van der Waals surface area contributed by atoms with E-state index in [0.717, 1.165) is 11.8 Å². The van der Waals surface area contributed by atoms with Crippen LogP contribution < -0.4 is 11.1 Å². The maximum atomic E-state index is 5.97. The smallest absolute Gasteiger partial charge is 0.193 e. The van der Waals surface area contributed by atoms with E-state index in [2.05, 4.69) is 19.2 Å². The SMILES string of the molecule is CCCC[C@H]1[C@@H]2N=C(N)NC3=C2[C@H](CC3)C[C@@H]1C. The molecule has 0 saturated heterocycles. The average molecular weight is 247 g/mol. The third kappa shape index (κ3) is 1.84. The van der Waals surface area contributed by atoms with Gasteiger partial charge in [0.1, 0.15) is 0 Å². The molecule has 0 radical (unpaired) electrons. The fourth-order valence-electron chi connectivity index (χ4n) is 4.21. The number of nitrogens with two attached hydrogens (primary N) is 1. The van der Waals surface area contributed by atoms with Crippen LogP contribution in [0.15, 0.2) is 16.3 Å². The lowest BCUT2D eigenvalue weighted by molar-refractivity contribution is 0.208. The van der Waals surface area contributed by atoms with Crippen LogP contribution in [0.5, 0.6) is 0 Å². The molecular weight excluding hydrogens is 222 g/mol. The van der Waals surface area contributed by atoms with Gasteiger partial charge < -0.3 is 11.1 Å². The molecule has 1 heterocycles. The number of unbranched alkanes of at least 4 members (excludes halogenated alkanes) is 1. The van der Waals surface area contributed by atoms with Crippen molar-refractivity contribution in [3.63, 3.8) is 0 Å². The Hall–Kier alpha value is -0.990. The zero-order chi connectivity index (χ0) is 12.7. The van der Waals surface area contributed by atoms with Crippen LogP contribution in [-0.4, -0.2) is 12.0 Å². The molecule has 1 saturated carbocycles. The van der Waals surface area contributed by atoms with E-state index in [1.165, 1.54) is 44.2 Å². The van der Waals surface area contributed by atoms with Gasteiger partial charge in [-0.3, -0.25) is 0 Å². The van der Waals surface area contributed by atoms with Crippen LogP contribution in [0.1, 0.15) is 52.4 Å². The average Bonchev–Trinajstić information content (AvgIpc) is 2.72. The van der Waals surface area contributed by atoms with Crippen molar-refractivity contribution in [2.45, 2.75) is 58.4 Å². The largest absolute Gasteiger partial charge is 0.370 e. The minimum absolute atomic E-state index is 0.393. The summed E-state index contributed by atoms with van der Waals surface area (Å²) in [4.78, 5) is 4.76. The van der Waals surface area contributed by atoms with Crippen molar-refractivity contribution < 1.29 is 0 Å². The maximum absolute atomic E-state index is 5.97. The first-order valence-electron chi connectivity index (χ1n) is 7.54. The Kier molecular flexibility index (Phi) is 3.08. The first kappa shape index (κ1) is 12.1. The van der Waals surface area contributed by atoms with Crippen LogP contribution in [0.25, 0.3) is 0 Å². The number of allylic oxidation sites excluding steroid dienone is 1. The van der Waals surface area contributed by atoms with Gasteiger partial charge >= 0.3 is 0 Å². The minimum Gasteiger partial charge on any atom is -0.370 e. The summed E-state index contributed by atoms with van der Waals surface area (Å²) in [5, 5.41) is 3.31. The Bertz CT molecular complexity index is 397. The van der Waals surface area contributed by atoms with Crippen molar-refractivity contribution in [2.75, 3.05) is 0 Å². The highest BCUT2D eigenvalue weighted by Crippen LogP contribution is 2.49. The van der Waals surface area contributed by atoms with Crippen LogP contribution in [0.2, 0.25) is 0 Å². The summed E-state index contributed by atoms with van der Waals surface area (Å²) in [5.41, 5.74) is 8.99. The lowest BCUT2D eigenvalue weighted by atomic mass is 9.68. The van der Waals surface area contributed by atoms with E-state index in [1.807, 2.05) is 0 Å². The van der Waals surface area contributed by atoms with E-state index in [4.69, 9.17) is 10.7 Å². The van der Waals surface area contributed by atoms with Crippen molar-refractivity contribution in [3.8, 4) is 0 Å². The van der Waals surface area contributed by atoms with Gasteiger partial charge in [0.15, 0.2) is 5.96 Å². The second-order valence-corrected chi connectivity index (χ2v) is 6.27. The van der Waals surface area contributed by atoms with Gasteiger partial charge in [-0.15, -0.1) is 0 Å². The lowest BCUT2D eigenvalue weighted by Gasteiger charge is -2.41. The molecular formula is C15H25N3. The Balaban J connectivity index is 1.89. The van der Waals surface area contributed by atoms with Crippen molar-refractivity contribution >= 4 is 5.96 Å². The molecule has 18 heavy (non-hydrogen) atoms. The van der Waals surface area contributed by atoms with Crippen LogP contribution in [0.4, 0.5) is 0 Å². The summed E-state index contributed by atoms with van der Waals surface area (Å²) >= 11 is 0. The second kappa shape index (κ2) is 4.60. The zero-order valence-corrected chi connectivity index (χ0v) is 11.6. The molecule has 4 atom stereocenters. The minimum atomic E-state index is 0.393. The van der Waals surface area contributed by atoms with E-state index in [-0.39, 0.29) is 0 Å². The molecule has 1 aliphatic heterocycles. The van der Waals surface area contributed by atoms with Crippen LogP contribution >= 0.6 is 0 Å². The normalized spacial score (nSPS) is 38.2. The Labute approximate surface area is 110 Å². The van der Waals surface area contributed by atoms with Gasteiger partial charge in [0, 0.05) is 5.70 Å². The van der Waals surface area contributed by atoms with Crippen molar-refractivity contribution in [2.24, 2.45) is 28.5 Å². The van der Waals surface area contributed by atoms with Crippen molar-refractivity contribution in [1.29, 1.82) is 0 Å². The Morgan fingerprint density at radius 1 is 1.44 bits per heavy atom. The Morgan fingerprint density at radius 3 is 3.06 bits per heavy atom. The molecule has 0 aromatic heterocycles. The lowest BCUT2D eigenvalue weighted by Crippen LogP contribution is -2.44. The fraction of sp³-hybridized carbons (Fsp3) is 0.800. The third-order valence-corrected chi connectivity index (χ3v) is 5.09. The molecule has 1 fully saturated rings. The van der Waals surface area contributed by atoms with Crippen LogP contribution in [0.3, 0.4) is 0 Å². The summed E-state index contributed by atoms with van der Waals surface area (Å²) in [6, 6.07) is 0.393. The number of rotatable bonds is 3. The second-order valence-electron chi connectivity index (χ2n) is 6.27. The van der Waals surface area contributed by atoms with Crippen molar-refractivity contribution in [1.82, 2.24) is 5.32 Å². The number of hydrogen-bond donors (Lipinski definition) is 2. The predicted molar refractivity (Wildman–Crippen MR) is 75.1 cm³/mol. The molecule has 3 heteroatoms. The van der Waals surface area contributed by atoms with Gasteiger partial charge in [-0.1, -0.05) is 26.7 Å². The number of nitrogens with one attached hydrogen (secondary N) is 1. The summed E-state index contributed by atoms with van der Waals surface area (Å²) < 4.78 is 0. The zero-order valence-electron chi connectivity index (χ0n) is 11.6. The maximum Gasteiger partial charge on any atom is 0.193 e. The number of aliphatic imine (C=N–C) groups is 1. The fourth-order valence-corrected chi connectivity index (χ4v) is 4.21. The van der Waals surface area contributed by atoms with Crippen molar-refractivity contribution in [3.05, 3.63) is 11.3 Å². The molecule has 0 amide bonds. The molecule has 2 aliphatic carbocycles. The molecule has 0 aromatic rings. The van der Waals surface area contributed by atoms with E-state index < -0.39 is 0 Å². The summed E-state index contributed by atoms with van der Waals surface area (Å²) in [5.74, 6) is 2.94. The van der Waals surface area contributed by atoms with Gasteiger partial charge in [-0.05, 0) is 49.0 Å². The highest BCUT2D eigenvalue weighted by atomic mass is 15.1. The Morgan fingerprint density at radius 2 is 2.28 bits per heavy atom. The molecule has 3 aliphatic rings. The van der Waals surface area contributed by atoms with Gasteiger partial charge in [-0.2, -0.15) is 0 Å². The molecule has 0 unspecified atom stereocenters. The van der Waals surface area contributed by atoms with Gasteiger partial charge in [0.2, 0.25) is 0 Å². The molecule has 0 aromatic carbocycles. The molecule has 0 spiro atoms. The molecule has 100 valence electrons. The van der Waals surface area contributed by atoms with Gasteiger partial charge in [0.05, 0.1) is 6.04 Å². The molecule has 0 bridgehead atoms. The van der Waals surface area contributed by atoms with Gasteiger partial charge in [-0.25, -0.2) is 4.99 Å². The van der Waals surface area contributed by atoms with E-state index in [1.54, 1.807) is 5.57 Å². The van der Waals surface area contributed by atoms with E-state index >= 15 is 0 Å². The number of hydrogen-bond acceptors (Lipinski definition) is 3. The molecule has 3 N–H and O–H groups in total. The van der Waals surface area contributed by atoms with Crippen LogP contribution in [0, 0.1) is 17.8 Å². The highest BCUT2D eigenvalue weighted by molar-refractivity contribution is 5.81. The van der Waals surface area contributed by atoms with Crippen LogP contribution in [-0.2, 0) is 0 Å². The first-order chi connectivity index (χ1) is 8.70. The highest BCUT2D eigenvalue weighted by Gasteiger charge is 2.44. The monoisotopic (exact) mass is 247 g/mol. The van der Waals surface area contributed by atoms with E-state index in [0.29, 0.717) is 17.9 Å². The third-order valence-electron chi connectivity index (χ3n) is 5.09. The quantitative estimate of drug-likeness (QED) is 0.805. The predicted octanol–water partition coefficient (Wildman–Crippen LogP) is 2.78. The first-order valence-corrected chi connectivity index (χ1v) is 7.54. The number of guanidine groups is 1. The summed E-state index contributed by atoms with van der Waals surface area (Å²) in [7, 11) is 0. The van der Waals surface area contributed by atoms with E-state index in [9.17, 15) is 0 Å². The van der Waals surface area contributed by atoms with Gasteiger partial charge in [0.25, 0.3) is 0 Å². The standard InChI is InChI=1S/C15H25N3/c1-3-4-5-11-9(2)8-10-6-7-12-13(10)14(11)18-15(16)17-12/h9-11,14H,3-8H2,1-2H3,(H3,16,17,18)/t9-,10+,11+,14-/m0/s1.